The smallest absolute Gasteiger partial charge is 0.229 e. The maximum Gasteiger partial charge on any atom is 0.229 e. The summed E-state index contributed by atoms with van der Waals surface area (Å²) in [5, 5.41) is 6.62. The number of rotatable bonds is 8. The molecule has 0 saturated carbocycles. The van der Waals surface area contributed by atoms with Crippen LogP contribution in [0.25, 0.3) is 0 Å². The van der Waals surface area contributed by atoms with Gasteiger partial charge >= 0.3 is 0 Å². The lowest BCUT2D eigenvalue weighted by Crippen LogP contribution is -2.21. The Bertz CT molecular complexity index is 839. The first kappa shape index (κ1) is 18.7. The zero-order chi connectivity index (χ0) is 19.1. The van der Waals surface area contributed by atoms with E-state index < -0.39 is 0 Å². The minimum atomic E-state index is 0.583. The Hall–Kier alpha value is -3.08. The van der Waals surface area contributed by atoms with Crippen LogP contribution in [0.1, 0.15) is 25.0 Å². The standard InChI is InChI=1S/C22H27N5/c1-4-27(5-2)20-12-10-19(11-13-20)25-22-23-15-14-21(26-22)24-16-18-8-6-17(3)7-9-18/h6-15H,4-5,16H2,1-3H3,(H2,23,24,25,26). The first-order valence-corrected chi connectivity index (χ1v) is 9.42. The largest absolute Gasteiger partial charge is 0.372 e. The van der Waals surface area contributed by atoms with Crippen molar-refractivity contribution in [2.24, 2.45) is 0 Å². The van der Waals surface area contributed by atoms with Crippen molar-refractivity contribution in [1.29, 1.82) is 0 Å². The molecular weight excluding hydrogens is 334 g/mol. The highest BCUT2D eigenvalue weighted by Gasteiger charge is 2.04. The Morgan fingerprint density at radius 2 is 1.59 bits per heavy atom. The van der Waals surface area contributed by atoms with Gasteiger partial charge in [0.05, 0.1) is 0 Å². The number of nitrogens with zero attached hydrogens (tertiary/aromatic N) is 3. The number of benzene rings is 2. The Balaban J connectivity index is 1.62. The molecule has 1 heterocycles. The maximum atomic E-state index is 4.55. The molecule has 0 bridgehead atoms. The lowest BCUT2D eigenvalue weighted by Gasteiger charge is -2.21. The van der Waals surface area contributed by atoms with Gasteiger partial charge in [-0.15, -0.1) is 0 Å². The molecule has 2 N–H and O–H groups in total. The second kappa shape index (κ2) is 9.03. The molecule has 3 aromatic rings. The third-order valence-corrected chi connectivity index (χ3v) is 4.50. The van der Waals surface area contributed by atoms with Crippen LogP contribution in [-0.4, -0.2) is 23.1 Å². The number of anilines is 4. The topological polar surface area (TPSA) is 53.1 Å². The Morgan fingerprint density at radius 3 is 2.26 bits per heavy atom. The average molecular weight is 361 g/mol. The van der Waals surface area contributed by atoms with E-state index >= 15 is 0 Å². The minimum absolute atomic E-state index is 0.583. The van der Waals surface area contributed by atoms with Crippen LogP contribution >= 0.6 is 0 Å². The molecule has 0 aliphatic carbocycles. The molecule has 0 spiro atoms. The van der Waals surface area contributed by atoms with E-state index in [9.17, 15) is 0 Å². The van der Waals surface area contributed by atoms with Crippen molar-refractivity contribution in [3.05, 3.63) is 71.9 Å². The van der Waals surface area contributed by atoms with Gasteiger partial charge in [-0.05, 0) is 56.7 Å². The molecule has 0 unspecified atom stereocenters. The Morgan fingerprint density at radius 1 is 0.889 bits per heavy atom. The van der Waals surface area contributed by atoms with E-state index in [4.69, 9.17) is 0 Å². The Kier molecular flexibility index (Phi) is 6.26. The molecule has 0 radical (unpaired) electrons. The van der Waals surface area contributed by atoms with E-state index in [0.717, 1.165) is 31.1 Å². The van der Waals surface area contributed by atoms with Crippen molar-refractivity contribution in [3.63, 3.8) is 0 Å². The summed E-state index contributed by atoms with van der Waals surface area (Å²) in [7, 11) is 0. The average Bonchev–Trinajstić information content (AvgIpc) is 2.70. The molecule has 3 rings (SSSR count). The number of hydrogen-bond acceptors (Lipinski definition) is 5. The number of aromatic nitrogens is 2. The van der Waals surface area contributed by atoms with E-state index in [1.165, 1.54) is 16.8 Å². The summed E-state index contributed by atoms with van der Waals surface area (Å²) in [5.41, 5.74) is 4.68. The summed E-state index contributed by atoms with van der Waals surface area (Å²) < 4.78 is 0. The second-order valence-corrected chi connectivity index (χ2v) is 6.45. The third-order valence-electron chi connectivity index (χ3n) is 4.50. The summed E-state index contributed by atoms with van der Waals surface area (Å²) in [4.78, 5) is 11.2. The van der Waals surface area contributed by atoms with E-state index in [-0.39, 0.29) is 0 Å². The van der Waals surface area contributed by atoms with Crippen LogP contribution in [0.3, 0.4) is 0 Å². The van der Waals surface area contributed by atoms with E-state index in [0.29, 0.717) is 5.95 Å². The number of nitrogens with one attached hydrogen (secondary N) is 2. The molecule has 27 heavy (non-hydrogen) atoms. The van der Waals surface area contributed by atoms with Crippen molar-refractivity contribution in [2.45, 2.75) is 27.3 Å². The van der Waals surface area contributed by atoms with E-state index in [1.807, 2.05) is 6.07 Å². The van der Waals surface area contributed by atoms with Gasteiger partial charge in [-0.2, -0.15) is 4.98 Å². The number of hydrogen-bond donors (Lipinski definition) is 2. The van der Waals surface area contributed by atoms with Crippen molar-refractivity contribution in [2.75, 3.05) is 28.6 Å². The summed E-state index contributed by atoms with van der Waals surface area (Å²) in [6.45, 7) is 9.16. The lowest BCUT2D eigenvalue weighted by atomic mass is 10.1. The molecule has 1 aromatic heterocycles. The van der Waals surface area contributed by atoms with Gasteiger partial charge in [-0.3, -0.25) is 0 Å². The SMILES string of the molecule is CCN(CC)c1ccc(Nc2nccc(NCc3ccc(C)cc3)n2)cc1. The highest BCUT2D eigenvalue weighted by atomic mass is 15.1. The summed E-state index contributed by atoms with van der Waals surface area (Å²) in [6.07, 6.45) is 1.76. The van der Waals surface area contributed by atoms with Crippen molar-refractivity contribution in [3.8, 4) is 0 Å². The molecule has 0 aliphatic rings. The predicted octanol–water partition coefficient (Wildman–Crippen LogP) is 4.99. The van der Waals surface area contributed by atoms with Gasteiger partial charge in [0.1, 0.15) is 5.82 Å². The highest BCUT2D eigenvalue weighted by Crippen LogP contribution is 2.20. The molecular formula is C22H27N5. The minimum Gasteiger partial charge on any atom is -0.372 e. The van der Waals surface area contributed by atoms with Crippen LogP contribution in [0.15, 0.2) is 60.8 Å². The van der Waals surface area contributed by atoms with E-state index in [1.54, 1.807) is 6.20 Å². The third kappa shape index (κ3) is 5.20. The quantitative estimate of drug-likeness (QED) is 0.592. The second-order valence-electron chi connectivity index (χ2n) is 6.45. The Labute approximate surface area is 161 Å². The summed E-state index contributed by atoms with van der Waals surface area (Å²) in [5.74, 6) is 1.38. The molecule has 5 heteroatoms. The normalized spacial score (nSPS) is 10.5. The van der Waals surface area contributed by atoms with Gasteiger partial charge in [-0.25, -0.2) is 4.98 Å². The highest BCUT2D eigenvalue weighted by molar-refractivity contribution is 5.60. The molecule has 0 saturated heterocycles. The maximum absolute atomic E-state index is 4.55. The fraction of sp³-hybridized carbons (Fsp3) is 0.273. The van der Waals surface area contributed by atoms with Gasteiger partial charge in [0.25, 0.3) is 0 Å². The van der Waals surface area contributed by atoms with Crippen LogP contribution in [0.5, 0.6) is 0 Å². The van der Waals surface area contributed by atoms with Crippen LogP contribution in [0.4, 0.5) is 23.1 Å². The van der Waals surface area contributed by atoms with Crippen LogP contribution < -0.4 is 15.5 Å². The summed E-state index contributed by atoms with van der Waals surface area (Å²) >= 11 is 0. The first-order chi connectivity index (χ1) is 13.2. The molecule has 5 nitrogen and oxygen atoms in total. The van der Waals surface area contributed by atoms with Crippen molar-refractivity contribution < 1.29 is 0 Å². The van der Waals surface area contributed by atoms with Gasteiger partial charge < -0.3 is 15.5 Å². The fourth-order valence-corrected chi connectivity index (χ4v) is 2.89. The van der Waals surface area contributed by atoms with Crippen LogP contribution in [0, 0.1) is 6.92 Å². The van der Waals surface area contributed by atoms with Crippen molar-refractivity contribution in [1.82, 2.24) is 9.97 Å². The molecule has 0 aliphatic heterocycles. The zero-order valence-corrected chi connectivity index (χ0v) is 16.2. The van der Waals surface area contributed by atoms with Crippen LogP contribution in [-0.2, 0) is 6.54 Å². The van der Waals surface area contributed by atoms with Gasteiger partial charge in [0.15, 0.2) is 0 Å². The molecule has 0 atom stereocenters. The molecule has 2 aromatic carbocycles. The van der Waals surface area contributed by atoms with Crippen LogP contribution in [0.2, 0.25) is 0 Å². The molecule has 140 valence electrons. The van der Waals surface area contributed by atoms with Crippen molar-refractivity contribution >= 4 is 23.1 Å². The lowest BCUT2D eigenvalue weighted by molar-refractivity contribution is 0.866. The first-order valence-electron chi connectivity index (χ1n) is 9.42. The summed E-state index contributed by atoms with van der Waals surface area (Å²) in [6, 6.07) is 18.7. The van der Waals surface area contributed by atoms with E-state index in [2.05, 4.69) is 94.8 Å². The fourth-order valence-electron chi connectivity index (χ4n) is 2.89. The molecule has 0 amide bonds. The molecule has 0 fully saturated rings. The van der Waals surface area contributed by atoms with Gasteiger partial charge in [0, 0.05) is 37.2 Å². The zero-order valence-electron chi connectivity index (χ0n) is 16.2. The predicted molar refractivity (Wildman–Crippen MR) is 114 cm³/mol. The number of aryl methyl sites for hydroxylation is 1. The monoisotopic (exact) mass is 361 g/mol. The van der Waals surface area contributed by atoms with Gasteiger partial charge in [0.2, 0.25) is 5.95 Å². The van der Waals surface area contributed by atoms with Gasteiger partial charge in [-0.1, -0.05) is 29.8 Å².